The predicted molar refractivity (Wildman–Crippen MR) is 123 cm³/mol. The van der Waals surface area contributed by atoms with E-state index < -0.39 is 9.84 Å². The minimum atomic E-state index is -3.12. The summed E-state index contributed by atoms with van der Waals surface area (Å²) in [5.41, 5.74) is 1.03. The molecule has 7 nitrogen and oxygen atoms in total. The molecule has 0 aromatic heterocycles. The molecule has 0 N–H and O–H groups in total. The van der Waals surface area contributed by atoms with Crippen molar-refractivity contribution in [1.29, 1.82) is 0 Å². The summed E-state index contributed by atoms with van der Waals surface area (Å²) in [5, 5.41) is 0. The van der Waals surface area contributed by atoms with E-state index in [-0.39, 0.29) is 29.4 Å². The van der Waals surface area contributed by atoms with Crippen LogP contribution >= 0.6 is 0 Å². The zero-order valence-electron chi connectivity index (χ0n) is 19.3. The van der Waals surface area contributed by atoms with Gasteiger partial charge in [-0.1, -0.05) is 30.3 Å². The maximum Gasteiger partial charge on any atom is 0.320 e. The Balaban J connectivity index is 1.83. The third kappa shape index (κ3) is 5.07. The molecule has 1 heterocycles. The first-order valence-electron chi connectivity index (χ1n) is 11.1. The Morgan fingerprint density at radius 1 is 1.06 bits per heavy atom. The molecule has 2 aliphatic rings. The number of carbonyl (C=O) groups excluding carboxylic acids is 1. The molecular weight excluding hydrogens is 414 g/mol. The number of hydrogen-bond acceptors (Lipinski definition) is 5. The average Bonchev–Trinajstić information content (AvgIpc) is 2.99. The zero-order valence-corrected chi connectivity index (χ0v) is 20.2. The second kappa shape index (κ2) is 9.46. The number of rotatable bonds is 9. The summed E-state index contributed by atoms with van der Waals surface area (Å²) in [6, 6.07) is 10.6. The van der Waals surface area contributed by atoms with Crippen LogP contribution in [0.25, 0.3) is 0 Å². The molecule has 1 aliphatic carbocycles. The number of methoxy groups -OCH3 is 1. The summed E-state index contributed by atoms with van der Waals surface area (Å²) < 4.78 is 28.6. The summed E-state index contributed by atoms with van der Waals surface area (Å²) in [6.07, 6.45) is 5.71. The van der Waals surface area contributed by atoms with Crippen LogP contribution in [-0.2, 0) is 20.1 Å². The zero-order chi connectivity index (χ0) is 22.7. The van der Waals surface area contributed by atoms with Crippen LogP contribution in [0.3, 0.4) is 0 Å². The van der Waals surface area contributed by atoms with Gasteiger partial charge in [0.2, 0.25) is 0 Å². The predicted octanol–water partition coefficient (Wildman–Crippen LogP) is 2.58. The quantitative estimate of drug-likeness (QED) is 0.540. The van der Waals surface area contributed by atoms with Crippen molar-refractivity contribution in [2.24, 2.45) is 0 Å². The number of amides is 2. The Morgan fingerprint density at radius 3 is 2.26 bits per heavy atom. The average molecular weight is 452 g/mol. The summed E-state index contributed by atoms with van der Waals surface area (Å²) >= 11 is 0. The van der Waals surface area contributed by atoms with Crippen molar-refractivity contribution in [1.82, 2.24) is 14.7 Å². The van der Waals surface area contributed by atoms with E-state index in [4.69, 9.17) is 4.74 Å². The molecule has 0 unspecified atom stereocenters. The Hall–Kier alpha value is -1.64. The van der Waals surface area contributed by atoms with Crippen LogP contribution in [-0.4, -0.2) is 94.1 Å². The molecule has 1 spiro atoms. The van der Waals surface area contributed by atoms with Crippen molar-refractivity contribution in [2.75, 3.05) is 59.5 Å². The molecule has 0 atom stereocenters. The molecule has 0 bridgehead atoms. The van der Waals surface area contributed by atoms with Crippen molar-refractivity contribution < 1.29 is 17.9 Å². The lowest BCUT2D eigenvalue weighted by atomic mass is 9.68. The molecule has 1 saturated carbocycles. The fourth-order valence-corrected chi connectivity index (χ4v) is 5.88. The Kier molecular flexibility index (Phi) is 7.33. The second-order valence-corrected chi connectivity index (χ2v) is 11.6. The van der Waals surface area contributed by atoms with Crippen molar-refractivity contribution in [3.63, 3.8) is 0 Å². The van der Waals surface area contributed by atoms with Gasteiger partial charge in [0.15, 0.2) is 0 Å². The second-order valence-electron chi connectivity index (χ2n) is 9.35. The number of nitrogens with zero attached hydrogens (tertiary/aromatic N) is 3. The van der Waals surface area contributed by atoms with Gasteiger partial charge in [-0.15, -0.1) is 0 Å². The third-order valence-electron chi connectivity index (χ3n) is 7.20. The number of urea groups is 1. The Bertz CT molecular complexity index is 849. The maximum absolute atomic E-state index is 13.3. The smallest absolute Gasteiger partial charge is 0.320 e. The normalized spacial score (nSPS) is 26.9. The standard InChI is InChI=1S/C23H37N3O4S/c1-24(2)23(20-9-6-5-7-10-20)13-11-22(12-14-23)19-25(16-18-31(4,28)29)21(27)26(22)15-8-17-30-3/h5-7,9-10H,8,11-19H2,1-4H3/t22-,23-. The van der Waals surface area contributed by atoms with Crippen LogP contribution in [0.15, 0.2) is 30.3 Å². The molecule has 174 valence electrons. The van der Waals surface area contributed by atoms with E-state index >= 15 is 0 Å². The van der Waals surface area contributed by atoms with Gasteiger partial charge in [-0.25, -0.2) is 13.2 Å². The number of sulfone groups is 1. The van der Waals surface area contributed by atoms with E-state index in [0.29, 0.717) is 19.7 Å². The summed E-state index contributed by atoms with van der Waals surface area (Å²) in [4.78, 5) is 19.3. The van der Waals surface area contributed by atoms with Gasteiger partial charge < -0.3 is 14.5 Å². The molecule has 1 aliphatic heterocycles. The first-order valence-corrected chi connectivity index (χ1v) is 13.2. The highest BCUT2D eigenvalue weighted by Crippen LogP contribution is 2.48. The minimum absolute atomic E-state index is 0.00633. The Labute approximate surface area is 187 Å². The summed E-state index contributed by atoms with van der Waals surface area (Å²) in [7, 11) is 2.83. The molecule has 31 heavy (non-hydrogen) atoms. The molecule has 8 heteroatoms. The fraction of sp³-hybridized carbons (Fsp3) is 0.696. The molecule has 1 aromatic carbocycles. The van der Waals surface area contributed by atoms with Crippen LogP contribution in [0, 0.1) is 0 Å². The Morgan fingerprint density at radius 2 is 1.71 bits per heavy atom. The highest BCUT2D eigenvalue weighted by Gasteiger charge is 2.54. The van der Waals surface area contributed by atoms with Crippen LogP contribution in [0.5, 0.6) is 0 Å². The lowest BCUT2D eigenvalue weighted by molar-refractivity contribution is 0.0225. The maximum atomic E-state index is 13.3. The molecule has 0 radical (unpaired) electrons. The van der Waals surface area contributed by atoms with Gasteiger partial charge >= 0.3 is 6.03 Å². The first-order chi connectivity index (χ1) is 14.6. The van der Waals surface area contributed by atoms with E-state index in [2.05, 4.69) is 43.3 Å². The van der Waals surface area contributed by atoms with Crippen LogP contribution in [0.4, 0.5) is 4.79 Å². The first kappa shape index (κ1) is 24.0. The van der Waals surface area contributed by atoms with Gasteiger partial charge in [-0.05, 0) is 51.8 Å². The van der Waals surface area contributed by atoms with E-state index in [9.17, 15) is 13.2 Å². The van der Waals surface area contributed by atoms with Gasteiger partial charge in [0.05, 0.1) is 11.3 Å². The molecule has 1 saturated heterocycles. The van der Waals surface area contributed by atoms with Gasteiger partial charge in [-0.3, -0.25) is 4.90 Å². The molecule has 1 aromatic rings. The van der Waals surface area contributed by atoms with Crippen LogP contribution < -0.4 is 0 Å². The third-order valence-corrected chi connectivity index (χ3v) is 8.12. The topological polar surface area (TPSA) is 70.2 Å². The van der Waals surface area contributed by atoms with Crippen molar-refractivity contribution in [3.05, 3.63) is 35.9 Å². The summed E-state index contributed by atoms with van der Waals surface area (Å²) in [6.45, 7) is 2.11. The van der Waals surface area contributed by atoms with E-state index in [1.54, 1.807) is 12.0 Å². The van der Waals surface area contributed by atoms with E-state index in [1.165, 1.54) is 11.8 Å². The lowest BCUT2D eigenvalue weighted by Crippen LogP contribution is -2.55. The number of benzene rings is 1. The van der Waals surface area contributed by atoms with Gasteiger partial charge in [-0.2, -0.15) is 0 Å². The lowest BCUT2D eigenvalue weighted by Gasteiger charge is -2.51. The highest BCUT2D eigenvalue weighted by molar-refractivity contribution is 7.90. The van der Waals surface area contributed by atoms with Gasteiger partial charge in [0, 0.05) is 45.1 Å². The van der Waals surface area contributed by atoms with Gasteiger partial charge in [0.25, 0.3) is 0 Å². The molecule has 2 fully saturated rings. The van der Waals surface area contributed by atoms with E-state index in [1.807, 2.05) is 11.0 Å². The van der Waals surface area contributed by atoms with Crippen molar-refractivity contribution in [2.45, 2.75) is 43.2 Å². The SMILES string of the molecule is COCCCN1C(=O)N(CCS(C)(=O)=O)C[C@]12CC[C@@](c1ccccc1)(N(C)C)CC2. The molecular formula is C23H37N3O4S. The molecule has 3 rings (SSSR count). The van der Waals surface area contributed by atoms with Gasteiger partial charge in [0.1, 0.15) is 9.84 Å². The van der Waals surface area contributed by atoms with Crippen LogP contribution in [0.1, 0.15) is 37.7 Å². The number of hydrogen-bond donors (Lipinski definition) is 0. The van der Waals surface area contributed by atoms with Crippen LogP contribution in [0.2, 0.25) is 0 Å². The molecule has 2 amide bonds. The van der Waals surface area contributed by atoms with Crippen molar-refractivity contribution >= 4 is 15.9 Å². The highest BCUT2D eigenvalue weighted by atomic mass is 32.2. The number of carbonyl (C=O) groups is 1. The van der Waals surface area contributed by atoms with Crippen molar-refractivity contribution in [3.8, 4) is 0 Å². The minimum Gasteiger partial charge on any atom is -0.385 e. The van der Waals surface area contributed by atoms with E-state index in [0.717, 1.165) is 32.1 Å². The number of ether oxygens (including phenoxy) is 1. The fourth-order valence-electron chi connectivity index (χ4n) is 5.33. The monoisotopic (exact) mass is 451 g/mol. The summed E-state index contributed by atoms with van der Waals surface area (Å²) in [5.74, 6) is 0.00633. The largest absolute Gasteiger partial charge is 0.385 e.